The summed E-state index contributed by atoms with van der Waals surface area (Å²) in [6.45, 7) is 6.16. The number of hydrogen-bond donors (Lipinski definition) is 1. The van der Waals surface area contributed by atoms with Gasteiger partial charge in [0.15, 0.2) is 0 Å². The zero-order valence-electron chi connectivity index (χ0n) is 12.5. The molecule has 0 fully saturated rings. The second kappa shape index (κ2) is 6.43. The number of benzene rings is 1. The van der Waals surface area contributed by atoms with Crippen molar-refractivity contribution in [1.29, 1.82) is 0 Å². The Labute approximate surface area is 123 Å². The third-order valence-electron chi connectivity index (χ3n) is 3.12. The highest BCUT2D eigenvalue weighted by molar-refractivity contribution is 5.18. The summed E-state index contributed by atoms with van der Waals surface area (Å²) in [7, 11) is 0. The van der Waals surface area contributed by atoms with Crippen LogP contribution >= 0.6 is 0 Å². The molecule has 5 heteroatoms. The van der Waals surface area contributed by atoms with Crippen molar-refractivity contribution in [2.24, 2.45) is 5.92 Å². The van der Waals surface area contributed by atoms with Crippen molar-refractivity contribution in [3.05, 3.63) is 62.8 Å². The Hall–Kier alpha value is -2.30. The van der Waals surface area contributed by atoms with Crippen LogP contribution in [0.3, 0.4) is 0 Å². The Kier molecular flexibility index (Phi) is 4.62. The lowest BCUT2D eigenvalue weighted by Crippen LogP contribution is -2.36. The van der Waals surface area contributed by atoms with Gasteiger partial charge in [0.2, 0.25) is 5.88 Å². The van der Waals surface area contributed by atoms with Gasteiger partial charge in [0.25, 0.3) is 5.56 Å². The smallest absolute Gasteiger partial charge is 0.331 e. The van der Waals surface area contributed by atoms with E-state index in [1.807, 2.05) is 51.1 Å². The molecule has 2 rings (SSSR count). The molecule has 0 aliphatic rings. The van der Waals surface area contributed by atoms with Gasteiger partial charge >= 0.3 is 5.69 Å². The van der Waals surface area contributed by atoms with Gasteiger partial charge in [-0.15, -0.1) is 0 Å². The number of H-pyrrole nitrogens is 1. The normalized spacial score (nSPS) is 12.4. The van der Waals surface area contributed by atoms with E-state index < -0.39 is 5.69 Å². The van der Waals surface area contributed by atoms with Crippen LogP contribution in [0.25, 0.3) is 0 Å². The number of rotatable bonds is 5. The zero-order chi connectivity index (χ0) is 15.4. The molecule has 0 aliphatic heterocycles. The fraction of sp³-hybridized carbons (Fsp3) is 0.375. The molecule has 2 aromatic rings. The number of nitrogens with zero attached hydrogens (tertiary/aromatic N) is 1. The van der Waals surface area contributed by atoms with Crippen molar-refractivity contribution in [1.82, 2.24) is 9.55 Å². The predicted octanol–water partition coefficient (Wildman–Crippen LogP) is 2.33. The quantitative estimate of drug-likeness (QED) is 0.918. The molecule has 0 aliphatic carbocycles. The van der Waals surface area contributed by atoms with E-state index in [1.54, 1.807) is 0 Å². The van der Waals surface area contributed by atoms with Gasteiger partial charge < -0.3 is 4.74 Å². The molecule has 1 N–H and O–H groups in total. The van der Waals surface area contributed by atoms with Gasteiger partial charge in [-0.1, -0.05) is 44.2 Å². The van der Waals surface area contributed by atoms with Crippen molar-refractivity contribution in [3.8, 4) is 5.88 Å². The average Bonchev–Trinajstić information content (AvgIpc) is 2.43. The van der Waals surface area contributed by atoms with E-state index in [-0.39, 0.29) is 23.5 Å². The number of ether oxygens (including phenoxy) is 1. The standard InChI is InChI=1S/C16H20N2O3/c1-11(2)10-18-15(19)9-14(17-16(18)20)21-12(3)13-7-5-4-6-8-13/h4-9,11-12H,10H2,1-3H3,(H,17,20)/t12-/m0/s1. The number of aromatic amines is 1. The van der Waals surface area contributed by atoms with Gasteiger partial charge in [0.1, 0.15) is 6.10 Å². The van der Waals surface area contributed by atoms with Gasteiger partial charge in [-0.25, -0.2) is 4.79 Å². The highest BCUT2D eigenvalue weighted by Gasteiger charge is 2.11. The third kappa shape index (κ3) is 3.84. The molecule has 0 radical (unpaired) electrons. The van der Waals surface area contributed by atoms with Gasteiger partial charge in [-0.3, -0.25) is 14.3 Å². The summed E-state index contributed by atoms with van der Waals surface area (Å²) in [5.41, 5.74) is 0.193. The maximum atomic E-state index is 12.0. The van der Waals surface area contributed by atoms with Crippen molar-refractivity contribution in [2.45, 2.75) is 33.4 Å². The van der Waals surface area contributed by atoms with E-state index in [4.69, 9.17) is 4.74 Å². The molecule has 5 nitrogen and oxygen atoms in total. The highest BCUT2D eigenvalue weighted by atomic mass is 16.5. The molecule has 0 saturated heterocycles. The van der Waals surface area contributed by atoms with Crippen molar-refractivity contribution in [3.63, 3.8) is 0 Å². The SMILES string of the molecule is CC(C)Cn1c(=O)cc(O[C@@H](C)c2ccccc2)[nH]c1=O. The summed E-state index contributed by atoms with van der Waals surface area (Å²) in [5, 5.41) is 0. The van der Waals surface area contributed by atoms with Crippen LogP contribution in [0.1, 0.15) is 32.4 Å². The van der Waals surface area contributed by atoms with Crippen molar-refractivity contribution >= 4 is 0 Å². The summed E-state index contributed by atoms with van der Waals surface area (Å²) < 4.78 is 6.84. The maximum Gasteiger partial charge on any atom is 0.331 e. The van der Waals surface area contributed by atoms with Crippen LogP contribution in [-0.4, -0.2) is 9.55 Å². The highest BCUT2D eigenvalue weighted by Crippen LogP contribution is 2.17. The molecule has 112 valence electrons. The Morgan fingerprint density at radius 2 is 1.81 bits per heavy atom. The monoisotopic (exact) mass is 288 g/mol. The molecule has 1 aromatic carbocycles. The largest absolute Gasteiger partial charge is 0.471 e. The van der Waals surface area contributed by atoms with Gasteiger partial charge in [-0.05, 0) is 18.4 Å². The van der Waals surface area contributed by atoms with Crippen molar-refractivity contribution < 1.29 is 4.74 Å². The summed E-state index contributed by atoms with van der Waals surface area (Å²) in [4.78, 5) is 26.5. The van der Waals surface area contributed by atoms with E-state index in [0.29, 0.717) is 6.54 Å². The first-order valence-corrected chi connectivity index (χ1v) is 7.03. The summed E-state index contributed by atoms with van der Waals surface area (Å²) >= 11 is 0. The minimum absolute atomic E-state index is 0.196. The van der Waals surface area contributed by atoms with Crippen LogP contribution in [0.4, 0.5) is 0 Å². The van der Waals surface area contributed by atoms with E-state index in [1.165, 1.54) is 10.6 Å². The lowest BCUT2D eigenvalue weighted by Gasteiger charge is -2.15. The topological polar surface area (TPSA) is 64.1 Å². The van der Waals surface area contributed by atoms with Crippen LogP contribution < -0.4 is 16.0 Å². The second-order valence-electron chi connectivity index (χ2n) is 5.45. The van der Waals surface area contributed by atoms with E-state index in [2.05, 4.69) is 4.98 Å². The molecule has 1 aromatic heterocycles. The van der Waals surface area contributed by atoms with E-state index >= 15 is 0 Å². The number of aromatic nitrogens is 2. The fourth-order valence-electron chi connectivity index (χ4n) is 2.08. The lowest BCUT2D eigenvalue weighted by atomic mass is 10.1. The molecule has 1 atom stereocenters. The van der Waals surface area contributed by atoms with Crippen LogP contribution in [0.5, 0.6) is 5.88 Å². The Bertz CT molecular complexity index is 670. The van der Waals surface area contributed by atoms with Crippen LogP contribution in [0, 0.1) is 5.92 Å². The molecule has 0 saturated carbocycles. The number of hydrogen-bond acceptors (Lipinski definition) is 3. The van der Waals surface area contributed by atoms with Gasteiger partial charge in [0, 0.05) is 6.54 Å². The maximum absolute atomic E-state index is 12.0. The molecular weight excluding hydrogens is 268 g/mol. The third-order valence-corrected chi connectivity index (χ3v) is 3.12. The molecule has 0 spiro atoms. The number of nitrogens with one attached hydrogen (secondary N) is 1. The molecule has 0 amide bonds. The van der Waals surface area contributed by atoms with Gasteiger partial charge in [-0.2, -0.15) is 0 Å². The Morgan fingerprint density at radius 1 is 1.14 bits per heavy atom. The van der Waals surface area contributed by atoms with E-state index in [9.17, 15) is 9.59 Å². The summed E-state index contributed by atoms with van der Waals surface area (Å²) in [5.74, 6) is 0.417. The molecule has 1 heterocycles. The van der Waals surface area contributed by atoms with Gasteiger partial charge in [0.05, 0.1) is 6.07 Å². The Morgan fingerprint density at radius 3 is 2.38 bits per heavy atom. The molecule has 0 unspecified atom stereocenters. The van der Waals surface area contributed by atoms with E-state index in [0.717, 1.165) is 5.56 Å². The average molecular weight is 288 g/mol. The predicted molar refractivity (Wildman–Crippen MR) is 81.6 cm³/mol. The summed E-state index contributed by atoms with van der Waals surface area (Å²) in [6, 6.07) is 10.9. The van der Waals surface area contributed by atoms with Crippen molar-refractivity contribution in [2.75, 3.05) is 0 Å². The lowest BCUT2D eigenvalue weighted by molar-refractivity contribution is 0.215. The Balaban J connectivity index is 2.23. The second-order valence-corrected chi connectivity index (χ2v) is 5.45. The molecular formula is C16H20N2O3. The zero-order valence-corrected chi connectivity index (χ0v) is 12.5. The minimum atomic E-state index is -0.438. The minimum Gasteiger partial charge on any atom is -0.471 e. The molecule has 21 heavy (non-hydrogen) atoms. The summed E-state index contributed by atoms with van der Waals surface area (Å²) in [6.07, 6.45) is -0.248. The first-order valence-electron chi connectivity index (χ1n) is 7.03. The first-order chi connectivity index (χ1) is 9.97. The first kappa shape index (κ1) is 15.1. The molecule has 0 bridgehead atoms. The van der Waals surface area contributed by atoms with Crippen LogP contribution in [-0.2, 0) is 6.54 Å². The van der Waals surface area contributed by atoms with Crippen LogP contribution in [0.15, 0.2) is 46.0 Å². The fourth-order valence-corrected chi connectivity index (χ4v) is 2.08. The van der Waals surface area contributed by atoms with Crippen LogP contribution in [0.2, 0.25) is 0 Å².